The van der Waals surface area contributed by atoms with Crippen molar-refractivity contribution in [2.75, 3.05) is 50.8 Å². The molecule has 3 fully saturated rings. The number of aryl methyl sites for hydroxylation is 2. The first-order valence-corrected chi connectivity index (χ1v) is 15.1. The number of pyridine rings is 2. The van der Waals surface area contributed by atoms with E-state index in [1.54, 1.807) is 6.20 Å². The number of nitrogens with zero attached hydrogens (tertiary/aromatic N) is 4. The highest BCUT2D eigenvalue weighted by molar-refractivity contribution is 6.04. The highest BCUT2D eigenvalue weighted by atomic mass is 19.1. The maximum absolute atomic E-state index is 16.9. The first kappa shape index (κ1) is 28.0. The molecule has 2 bridgehead atoms. The number of phenolic OH excluding ortho intramolecular Hbond substituents is 1. The second-order valence-corrected chi connectivity index (χ2v) is 12.0. The average molecular weight is 584 g/mol. The minimum absolute atomic E-state index is 0.0148. The number of rotatable bonds is 6. The van der Waals surface area contributed by atoms with Gasteiger partial charge in [-0.2, -0.15) is 0 Å². The lowest BCUT2D eigenvalue weighted by Crippen LogP contribution is -2.51. The molecule has 0 amide bonds. The van der Waals surface area contributed by atoms with Gasteiger partial charge in [-0.05, 0) is 68.3 Å². The third-order valence-corrected chi connectivity index (χ3v) is 9.27. The fraction of sp³-hybridized carbons (Fsp3) is 0.412. The molecule has 3 aliphatic heterocycles. The van der Waals surface area contributed by atoms with E-state index in [9.17, 15) is 9.50 Å². The summed E-state index contributed by atoms with van der Waals surface area (Å²) < 4.78 is 37.3. The second-order valence-electron chi connectivity index (χ2n) is 12.0. The van der Waals surface area contributed by atoms with Crippen LogP contribution < -0.4 is 10.2 Å². The van der Waals surface area contributed by atoms with Gasteiger partial charge in [0.15, 0.2) is 5.82 Å². The van der Waals surface area contributed by atoms with Gasteiger partial charge in [0.05, 0.1) is 18.8 Å². The number of fused-ring (bicyclic) bond motifs is 4. The van der Waals surface area contributed by atoms with Crippen molar-refractivity contribution >= 4 is 27.4 Å². The molecule has 5 heterocycles. The largest absolute Gasteiger partial charge is 0.508 e. The monoisotopic (exact) mass is 583 g/mol. The summed E-state index contributed by atoms with van der Waals surface area (Å²) in [5, 5.41) is 16.2. The summed E-state index contributed by atoms with van der Waals surface area (Å²) in [4.78, 5) is 14.5. The zero-order valence-corrected chi connectivity index (χ0v) is 24.3. The van der Waals surface area contributed by atoms with Crippen molar-refractivity contribution in [3.05, 3.63) is 58.9 Å². The van der Waals surface area contributed by atoms with Gasteiger partial charge in [0.1, 0.15) is 23.1 Å². The molecule has 3 aliphatic rings. The maximum Gasteiger partial charge on any atom is 0.157 e. The number of piperazine rings is 1. The summed E-state index contributed by atoms with van der Waals surface area (Å²) in [6, 6.07) is 6.47. The molecule has 4 aromatic rings. The van der Waals surface area contributed by atoms with Crippen LogP contribution in [0.5, 0.6) is 5.75 Å². The smallest absolute Gasteiger partial charge is 0.157 e. The van der Waals surface area contributed by atoms with Crippen LogP contribution in [0.25, 0.3) is 32.8 Å². The number of ether oxygens (including phenoxy) is 1. The van der Waals surface area contributed by atoms with Gasteiger partial charge < -0.3 is 20.1 Å². The third-order valence-electron chi connectivity index (χ3n) is 9.27. The van der Waals surface area contributed by atoms with Crippen LogP contribution in [0.15, 0.2) is 30.5 Å². The Labute approximate surface area is 249 Å². The number of morpholine rings is 1. The summed E-state index contributed by atoms with van der Waals surface area (Å²) >= 11 is 0. The standard InChI is InChI=1S/C34H35F2N5O2/c1-3-25-28(35)9-6-21-15-24(42)16-26(31(21)25)33-32(36)30-20(2)29(5-4-10-40-11-13-43-14-12-40)39-34(27(30)17-37-33)41-18-22-7-8-23(19-41)38-22/h1,6,9,15-17,22-23,38,42H,4-5,7-8,10-14,18-19H2,2H3. The maximum atomic E-state index is 16.9. The first-order valence-electron chi connectivity index (χ1n) is 15.1. The van der Waals surface area contributed by atoms with Crippen LogP contribution >= 0.6 is 0 Å². The van der Waals surface area contributed by atoms with E-state index in [1.165, 1.54) is 24.3 Å². The van der Waals surface area contributed by atoms with Crippen LogP contribution in [0.3, 0.4) is 0 Å². The summed E-state index contributed by atoms with van der Waals surface area (Å²) in [5.74, 6) is 2.00. The van der Waals surface area contributed by atoms with Gasteiger partial charge in [0.2, 0.25) is 0 Å². The summed E-state index contributed by atoms with van der Waals surface area (Å²) in [7, 11) is 0. The molecule has 2 atom stereocenters. The van der Waals surface area contributed by atoms with E-state index in [4.69, 9.17) is 16.1 Å². The molecule has 7 nitrogen and oxygen atoms in total. The number of benzene rings is 2. The number of anilines is 1. The van der Waals surface area contributed by atoms with Crippen LogP contribution in [-0.2, 0) is 11.2 Å². The van der Waals surface area contributed by atoms with E-state index in [0.29, 0.717) is 40.0 Å². The SMILES string of the molecule is C#Cc1c(F)ccc2cc(O)cc(-c3ncc4c(N5CC6CCC(C5)N6)nc(CCCN5CCOCC5)c(C)c4c3F)c12. The Morgan fingerprint density at radius 1 is 1.12 bits per heavy atom. The van der Waals surface area contributed by atoms with Crippen molar-refractivity contribution < 1.29 is 18.6 Å². The molecule has 0 spiro atoms. The molecule has 43 heavy (non-hydrogen) atoms. The van der Waals surface area contributed by atoms with Gasteiger partial charge >= 0.3 is 0 Å². The number of hydrogen-bond acceptors (Lipinski definition) is 7. The van der Waals surface area contributed by atoms with Gasteiger partial charge in [-0.3, -0.25) is 9.88 Å². The lowest BCUT2D eigenvalue weighted by molar-refractivity contribution is 0.0374. The second kappa shape index (κ2) is 11.3. The topological polar surface area (TPSA) is 73.8 Å². The predicted molar refractivity (Wildman–Crippen MR) is 164 cm³/mol. The van der Waals surface area contributed by atoms with Crippen LogP contribution in [0, 0.1) is 30.9 Å². The number of nitrogens with one attached hydrogen (secondary N) is 1. The van der Waals surface area contributed by atoms with Crippen molar-refractivity contribution in [2.24, 2.45) is 0 Å². The van der Waals surface area contributed by atoms with Crippen molar-refractivity contribution in [1.82, 2.24) is 20.2 Å². The molecule has 0 radical (unpaired) electrons. The van der Waals surface area contributed by atoms with E-state index in [1.807, 2.05) is 6.92 Å². The Morgan fingerprint density at radius 2 is 1.88 bits per heavy atom. The van der Waals surface area contributed by atoms with Crippen LogP contribution in [0.2, 0.25) is 0 Å². The number of hydrogen-bond donors (Lipinski definition) is 2. The molecular weight excluding hydrogens is 548 g/mol. The molecule has 2 aromatic carbocycles. The van der Waals surface area contributed by atoms with Crippen molar-refractivity contribution in [1.29, 1.82) is 0 Å². The minimum Gasteiger partial charge on any atom is -0.508 e. The molecule has 2 aromatic heterocycles. The van der Waals surface area contributed by atoms with Crippen molar-refractivity contribution in [3.63, 3.8) is 0 Å². The van der Waals surface area contributed by atoms with Gasteiger partial charge in [-0.25, -0.2) is 13.8 Å². The fourth-order valence-corrected chi connectivity index (χ4v) is 7.13. The molecule has 2 unspecified atom stereocenters. The summed E-state index contributed by atoms with van der Waals surface area (Å²) in [6.45, 7) is 7.79. The van der Waals surface area contributed by atoms with E-state index in [-0.39, 0.29) is 22.6 Å². The first-order chi connectivity index (χ1) is 20.9. The Hall–Kier alpha value is -3.84. The zero-order valence-electron chi connectivity index (χ0n) is 24.3. The number of aromatic nitrogens is 2. The summed E-state index contributed by atoms with van der Waals surface area (Å²) in [6.07, 6.45) is 11.2. The lowest BCUT2D eigenvalue weighted by Gasteiger charge is -2.35. The van der Waals surface area contributed by atoms with E-state index in [2.05, 4.69) is 26.0 Å². The number of terminal acetylenes is 1. The molecule has 222 valence electrons. The molecule has 0 saturated carbocycles. The Kier molecular flexibility index (Phi) is 7.38. The third kappa shape index (κ3) is 5.07. The van der Waals surface area contributed by atoms with Crippen LogP contribution in [0.1, 0.15) is 36.1 Å². The molecule has 9 heteroatoms. The number of halogens is 2. The fourth-order valence-electron chi connectivity index (χ4n) is 7.13. The molecule has 7 rings (SSSR count). The highest BCUT2D eigenvalue weighted by Crippen LogP contribution is 2.40. The highest BCUT2D eigenvalue weighted by Gasteiger charge is 2.34. The van der Waals surface area contributed by atoms with Gasteiger partial charge in [0.25, 0.3) is 0 Å². The Morgan fingerprint density at radius 3 is 2.63 bits per heavy atom. The van der Waals surface area contributed by atoms with Gasteiger partial charge in [-0.1, -0.05) is 12.0 Å². The van der Waals surface area contributed by atoms with Gasteiger partial charge in [-0.15, -0.1) is 6.42 Å². The van der Waals surface area contributed by atoms with E-state index < -0.39 is 11.6 Å². The van der Waals surface area contributed by atoms with Gasteiger partial charge in [0, 0.05) is 71.9 Å². The lowest BCUT2D eigenvalue weighted by atomic mass is 9.94. The molecular formula is C34H35F2N5O2. The van der Waals surface area contributed by atoms with Crippen LogP contribution in [0.4, 0.5) is 14.6 Å². The molecule has 3 saturated heterocycles. The quantitative estimate of drug-likeness (QED) is 0.312. The van der Waals surface area contributed by atoms with Crippen molar-refractivity contribution in [3.8, 4) is 29.4 Å². The Balaban J connectivity index is 1.38. The van der Waals surface area contributed by atoms with Crippen molar-refractivity contribution in [2.45, 2.75) is 44.7 Å². The van der Waals surface area contributed by atoms with Crippen LogP contribution in [-0.4, -0.2) is 78.0 Å². The minimum atomic E-state index is -0.582. The van der Waals surface area contributed by atoms with E-state index in [0.717, 1.165) is 82.3 Å². The number of phenols is 1. The summed E-state index contributed by atoms with van der Waals surface area (Å²) in [5.41, 5.74) is 1.94. The number of aromatic hydroxyl groups is 1. The average Bonchev–Trinajstić information content (AvgIpc) is 3.35. The molecule has 0 aliphatic carbocycles. The predicted octanol–water partition coefficient (Wildman–Crippen LogP) is 4.93. The zero-order chi connectivity index (χ0) is 29.7. The van der Waals surface area contributed by atoms with E-state index >= 15 is 4.39 Å². The Bertz CT molecular complexity index is 1750. The molecule has 2 N–H and O–H groups in total. The normalized spacial score (nSPS) is 20.7.